The highest BCUT2D eigenvalue weighted by atomic mass is 32.2. The number of ether oxygens (including phenoxy) is 2. The van der Waals surface area contributed by atoms with Crippen molar-refractivity contribution in [2.75, 3.05) is 38.0 Å². The lowest BCUT2D eigenvalue weighted by molar-refractivity contribution is 0.0990. The summed E-state index contributed by atoms with van der Waals surface area (Å²) in [5.41, 5.74) is 3.06. The fourth-order valence-electron chi connectivity index (χ4n) is 3.62. The molecule has 0 atom stereocenters. The summed E-state index contributed by atoms with van der Waals surface area (Å²) in [7, 11) is 4.93. The number of anilines is 2. The van der Waals surface area contributed by atoms with Gasteiger partial charge in [-0.15, -0.1) is 0 Å². The highest BCUT2D eigenvalue weighted by Crippen LogP contribution is 2.41. The number of nitrogens with zero attached hydrogens (tertiary/aromatic N) is 1. The number of hydrogen-bond acceptors (Lipinski definition) is 5. The zero-order valence-electron chi connectivity index (χ0n) is 18.7. The van der Waals surface area contributed by atoms with Crippen LogP contribution < -0.4 is 25.0 Å². The molecule has 3 aromatic carbocycles. The Hall–Kier alpha value is -3.65. The summed E-state index contributed by atoms with van der Waals surface area (Å²) in [4.78, 5) is 28.8. The monoisotopic (exact) mass is 463 g/mol. The molecule has 0 spiro atoms. The minimum atomic E-state index is -0.311. The van der Waals surface area contributed by atoms with Crippen LogP contribution in [-0.2, 0) is 6.42 Å². The molecule has 0 bridgehead atoms. The van der Waals surface area contributed by atoms with E-state index < -0.39 is 0 Å². The molecule has 0 unspecified atom stereocenters. The second-order valence-electron chi connectivity index (χ2n) is 7.47. The number of amides is 3. The number of benzene rings is 3. The summed E-state index contributed by atoms with van der Waals surface area (Å²) in [6.07, 6.45) is 0.643. The van der Waals surface area contributed by atoms with Crippen LogP contribution in [0, 0.1) is 0 Å². The molecule has 1 aliphatic rings. The lowest BCUT2D eigenvalue weighted by atomic mass is 10.1. The molecule has 0 aliphatic carbocycles. The van der Waals surface area contributed by atoms with Crippen LogP contribution in [0.5, 0.6) is 11.5 Å². The summed E-state index contributed by atoms with van der Waals surface area (Å²) in [5, 5.41) is 5.72. The molecule has 0 saturated carbocycles. The van der Waals surface area contributed by atoms with Crippen molar-refractivity contribution in [2.24, 2.45) is 0 Å². The Morgan fingerprint density at radius 2 is 1.76 bits per heavy atom. The van der Waals surface area contributed by atoms with E-state index in [2.05, 4.69) is 10.6 Å². The Morgan fingerprint density at radius 1 is 0.970 bits per heavy atom. The van der Waals surface area contributed by atoms with Gasteiger partial charge in [0.15, 0.2) is 11.5 Å². The topological polar surface area (TPSA) is 79.9 Å². The molecular formula is C25H25N3O4S. The van der Waals surface area contributed by atoms with Crippen LogP contribution in [0.3, 0.4) is 0 Å². The first kappa shape index (κ1) is 22.5. The first-order valence-corrected chi connectivity index (χ1v) is 11.3. The fraction of sp³-hybridized carbons (Fsp3) is 0.200. The molecule has 1 heterocycles. The van der Waals surface area contributed by atoms with Gasteiger partial charge in [0.05, 0.1) is 25.5 Å². The van der Waals surface area contributed by atoms with Crippen LogP contribution in [0.15, 0.2) is 70.5 Å². The Kier molecular flexibility index (Phi) is 6.74. The lowest BCUT2D eigenvalue weighted by Crippen LogP contribution is -2.30. The molecule has 3 aromatic rings. The lowest BCUT2D eigenvalue weighted by Gasteiger charge is -2.18. The molecule has 4 rings (SSSR count). The number of carbonyl (C=O) groups is 2. The van der Waals surface area contributed by atoms with Crippen LogP contribution in [0.4, 0.5) is 16.2 Å². The van der Waals surface area contributed by atoms with Crippen molar-refractivity contribution >= 4 is 35.1 Å². The normalized spacial score (nSPS) is 12.3. The predicted molar refractivity (Wildman–Crippen MR) is 130 cm³/mol. The summed E-state index contributed by atoms with van der Waals surface area (Å²) < 4.78 is 10.6. The number of fused-ring (bicyclic) bond motifs is 2. The average Bonchev–Trinajstić information content (AvgIpc) is 2.93. The Balaban J connectivity index is 1.39. The molecule has 7 nitrogen and oxygen atoms in total. The summed E-state index contributed by atoms with van der Waals surface area (Å²) in [6, 6.07) is 18.5. The highest BCUT2D eigenvalue weighted by molar-refractivity contribution is 7.99. The Bertz CT molecular complexity index is 1200. The van der Waals surface area contributed by atoms with Crippen LogP contribution in [0.25, 0.3) is 0 Å². The maximum atomic E-state index is 12.9. The van der Waals surface area contributed by atoms with E-state index in [0.717, 1.165) is 21.0 Å². The molecule has 1 aliphatic heterocycles. The smallest absolute Gasteiger partial charge is 0.319 e. The third kappa shape index (κ3) is 4.90. The van der Waals surface area contributed by atoms with Crippen molar-refractivity contribution in [1.29, 1.82) is 0 Å². The minimum Gasteiger partial charge on any atom is -0.493 e. The van der Waals surface area contributed by atoms with Gasteiger partial charge in [0.25, 0.3) is 5.91 Å². The van der Waals surface area contributed by atoms with E-state index in [9.17, 15) is 9.59 Å². The van der Waals surface area contributed by atoms with Gasteiger partial charge in [0, 0.05) is 29.1 Å². The van der Waals surface area contributed by atoms with Crippen molar-refractivity contribution in [3.8, 4) is 11.5 Å². The zero-order valence-corrected chi connectivity index (χ0v) is 19.5. The molecule has 0 radical (unpaired) electrons. The molecule has 33 heavy (non-hydrogen) atoms. The molecule has 0 fully saturated rings. The number of urea groups is 1. The van der Waals surface area contributed by atoms with Crippen molar-refractivity contribution in [3.63, 3.8) is 0 Å². The zero-order chi connectivity index (χ0) is 23.4. The van der Waals surface area contributed by atoms with E-state index in [-0.39, 0.29) is 11.9 Å². The van der Waals surface area contributed by atoms with E-state index in [1.807, 2.05) is 60.7 Å². The van der Waals surface area contributed by atoms with Gasteiger partial charge >= 0.3 is 6.03 Å². The van der Waals surface area contributed by atoms with E-state index >= 15 is 0 Å². The van der Waals surface area contributed by atoms with E-state index in [0.29, 0.717) is 35.7 Å². The van der Waals surface area contributed by atoms with Gasteiger partial charge in [0.1, 0.15) is 0 Å². The maximum Gasteiger partial charge on any atom is 0.319 e. The van der Waals surface area contributed by atoms with Gasteiger partial charge in [-0.2, -0.15) is 0 Å². The van der Waals surface area contributed by atoms with E-state index in [4.69, 9.17) is 9.47 Å². The molecule has 8 heteroatoms. The van der Waals surface area contributed by atoms with Gasteiger partial charge in [-0.25, -0.2) is 4.79 Å². The van der Waals surface area contributed by atoms with Gasteiger partial charge in [0.2, 0.25) is 0 Å². The third-order valence-electron chi connectivity index (χ3n) is 5.37. The SMILES string of the molecule is COc1ccc(CCNC(=O)Nc2ccc3c(c2)N(C)C(=O)c2ccccc2S3)cc1OC. The average molecular weight is 464 g/mol. The second kappa shape index (κ2) is 9.87. The molecular weight excluding hydrogens is 438 g/mol. The first-order chi connectivity index (χ1) is 16.0. The van der Waals surface area contributed by atoms with Crippen LogP contribution in [-0.4, -0.2) is 39.8 Å². The first-order valence-electron chi connectivity index (χ1n) is 10.4. The Labute approximate surface area is 197 Å². The fourth-order valence-corrected chi connectivity index (χ4v) is 4.70. The van der Waals surface area contributed by atoms with Crippen LogP contribution >= 0.6 is 11.8 Å². The van der Waals surface area contributed by atoms with Crippen molar-refractivity contribution in [2.45, 2.75) is 16.2 Å². The maximum absolute atomic E-state index is 12.9. The third-order valence-corrected chi connectivity index (χ3v) is 6.51. The molecule has 0 saturated heterocycles. The number of nitrogens with one attached hydrogen (secondary N) is 2. The summed E-state index contributed by atoms with van der Waals surface area (Å²) in [5.74, 6) is 1.25. The standard InChI is InChI=1S/C25H25N3O4S/c1-28-19-15-17(9-11-23(19)33-22-7-5-4-6-18(22)24(28)29)27-25(30)26-13-12-16-8-10-20(31-2)21(14-16)32-3/h4-11,14-15H,12-13H2,1-3H3,(H2,26,27,30). The van der Waals surface area contributed by atoms with Crippen LogP contribution in [0.1, 0.15) is 15.9 Å². The number of carbonyl (C=O) groups excluding carboxylic acids is 2. The van der Waals surface area contributed by atoms with E-state index in [1.54, 1.807) is 37.9 Å². The Morgan fingerprint density at radius 3 is 2.55 bits per heavy atom. The molecule has 2 N–H and O–H groups in total. The molecule has 3 amide bonds. The van der Waals surface area contributed by atoms with Crippen LogP contribution in [0.2, 0.25) is 0 Å². The van der Waals surface area contributed by atoms with Gasteiger partial charge < -0.3 is 25.0 Å². The number of hydrogen-bond donors (Lipinski definition) is 2. The highest BCUT2D eigenvalue weighted by Gasteiger charge is 2.24. The summed E-state index contributed by atoms with van der Waals surface area (Å²) in [6.45, 7) is 0.454. The second-order valence-corrected chi connectivity index (χ2v) is 8.55. The van der Waals surface area contributed by atoms with Crippen molar-refractivity contribution in [3.05, 3.63) is 71.8 Å². The minimum absolute atomic E-state index is 0.0756. The number of rotatable bonds is 6. The largest absolute Gasteiger partial charge is 0.493 e. The molecule has 170 valence electrons. The van der Waals surface area contributed by atoms with E-state index in [1.165, 1.54) is 0 Å². The van der Waals surface area contributed by atoms with Gasteiger partial charge in [-0.1, -0.05) is 30.0 Å². The van der Waals surface area contributed by atoms with Crippen molar-refractivity contribution in [1.82, 2.24) is 5.32 Å². The molecule has 0 aromatic heterocycles. The van der Waals surface area contributed by atoms with Gasteiger partial charge in [-0.05, 0) is 54.4 Å². The quantitative estimate of drug-likeness (QED) is 0.549. The van der Waals surface area contributed by atoms with Crippen molar-refractivity contribution < 1.29 is 19.1 Å². The number of methoxy groups -OCH3 is 2. The predicted octanol–water partition coefficient (Wildman–Crippen LogP) is 4.81. The summed E-state index contributed by atoms with van der Waals surface area (Å²) >= 11 is 1.55. The van der Waals surface area contributed by atoms with Gasteiger partial charge in [-0.3, -0.25) is 4.79 Å².